The third-order valence-corrected chi connectivity index (χ3v) is 6.47. The Morgan fingerprint density at radius 1 is 1.21 bits per heavy atom. The summed E-state index contributed by atoms with van der Waals surface area (Å²) < 4.78 is 12.0. The summed E-state index contributed by atoms with van der Waals surface area (Å²) in [7, 11) is 3.84. The quantitative estimate of drug-likeness (QED) is 0.494. The Morgan fingerprint density at radius 3 is 2.79 bits per heavy atom. The molecular weight excluding hydrogens is 362 g/mol. The SMILES string of the molecule is COc1cccc2c1O[C@H]1CC=C[C@@H](CC=O)[C@@]21CCN(C)Cc1ccccc1. The highest BCUT2D eigenvalue weighted by Crippen LogP contribution is 2.56. The highest BCUT2D eigenvalue weighted by Gasteiger charge is 2.54. The number of para-hydroxylation sites is 1. The third-order valence-electron chi connectivity index (χ3n) is 6.47. The normalized spacial score (nSPS) is 24.7. The van der Waals surface area contributed by atoms with Gasteiger partial charge in [0, 0.05) is 30.4 Å². The van der Waals surface area contributed by atoms with Gasteiger partial charge in [0.15, 0.2) is 11.5 Å². The van der Waals surface area contributed by atoms with Crippen LogP contribution in [0.5, 0.6) is 11.5 Å². The zero-order valence-corrected chi connectivity index (χ0v) is 17.2. The Morgan fingerprint density at radius 2 is 2.03 bits per heavy atom. The average Bonchev–Trinajstić information content (AvgIpc) is 3.09. The molecule has 0 radical (unpaired) electrons. The number of nitrogens with zero attached hydrogens (tertiary/aromatic N) is 1. The van der Waals surface area contributed by atoms with E-state index in [4.69, 9.17) is 9.47 Å². The number of hydrogen-bond donors (Lipinski definition) is 0. The molecule has 0 N–H and O–H groups in total. The Kier molecular flexibility index (Phi) is 5.72. The Balaban J connectivity index is 1.64. The van der Waals surface area contributed by atoms with Crippen LogP contribution >= 0.6 is 0 Å². The van der Waals surface area contributed by atoms with Gasteiger partial charge >= 0.3 is 0 Å². The van der Waals surface area contributed by atoms with Gasteiger partial charge < -0.3 is 19.2 Å². The molecule has 1 aliphatic carbocycles. The van der Waals surface area contributed by atoms with Crippen LogP contribution in [0, 0.1) is 5.92 Å². The number of methoxy groups -OCH3 is 1. The molecule has 0 saturated heterocycles. The van der Waals surface area contributed by atoms with Gasteiger partial charge in [0.05, 0.1) is 7.11 Å². The molecule has 2 aromatic carbocycles. The van der Waals surface area contributed by atoms with Crippen molar-refractivity contribution in [3.05, 3.63) is 71.8 Å². The zero-order chi connectivity index (χ0) is 20.3. The number of rotatable bonds is 8. The molecule has 0 bridgehead atoms. The van der Waals surface area contributed by atoms with Crippen LogP contribution in [0.2, 0.25) is 0 Å². The van der Waals surface area contributed by atoms with Crippen LogP contribution in [-0.2, 0) is 16.8 Å². The minimum Gasteiger partial charge on any atom is -0.493 e. The molecule has 4 rings (SSSR count). The summed E-state index contributed by atoms with van der Waals surface area (Å²) in [6.07, 6.45) is 7.78. The van der Waals surface area contributed by atoms with Crippen LogP contribution in [0.25, 0.3) is 0 Å². The van der Waals surface area contributed by atoms with Crippen molar-refractivity contribution < 1.29 is 14.3 Å². The highest BCUT2D eigenvalue weighted by molar-refractivity contribution is 5.58. The fraction of sp³-hybridized carbons (Fsp3) is 0.400. The number of ether oxygens (including phenoxy) is 2. The first kappa shape index (κ1) is 19.7. The second-order valence-electron chi connectivity index (χ2n) is 8.13. The van der Waals surface area contributed by atoms with Crippen molar-refractivity contribution in [1.29, 1.82) is 0 Å². The lowest BCUT2D eigenvalue weighted by atomic mass is 9.61. The van der Waals surface area contributed by atoms with Crippen LogP contribution < -0.4 is 9.47 Å². The molecule has 0 spiro atoms. The molecule has 2 aromatic rings. The lowest BCUT2D eigenvalue weighted by Crippen LogP contribution is -2.47. The van der Waals surface area contributed by atoms with Gasteiger partial charge in [0.2, 0.25) is 0 Å². The van der Waals surface area contributed by atoms with Gasteiger partial charge in [-0.15, -0.1) is 0 Å². The van der Waals surface area contributed by atoms with E-state index >= 15 is 0 Å². The number of aldehydes is 1. The lowest BCUT2D eigenvalue weighted by Gasteiger charge is -2.42. The van der Waals surface area contributed by atoms with E-state index in [-0.39, 0.29) is 17.4 Å². The smallest absolute Gasteiger partial charge is 0.165 e. The monoisotopic (exact) mass is 391 g/mol. The summed E-state index contributed by atoms with van der Waals surface area (Å²) in [5, 5.41) is 0. The van der Waals surface area contributed by atoms with E-state index in [2.05, 4.69) is 54.4 Å². The molecule has 0 saturated carbocycles. The fourth-order valence-electron chi connectivity index (χ4n) is 5.04. The maximum Gasteiger partial charge on any atom is 0.165 e. The summed E-state index contributed by atoms with van der Waals surface area (Å²) in [6.45, 7) is 1.83. The van der Waals surface area contributed by atoms with Crippen molar-refractivity contribution in [3.8, 4) is 11.5 Å². The van der Waals surface area contributed by atoms with E-state index in [0.717, 1.165) is 43.7 Å². The number of benzene rings is 2. The molecule has 4 heteroatoms. The Labute approximate surface area is 173 Å². The molecule has 3 atom stereocenters. The molecule has 29 heavy (non-hydrogen) atoms. The predicted molar refractivity (Wildman–Crippen MR) is 114 cm³/mol. The van der Waals surface area contributed by atoms with E-state index in [1.807, 2.05) is 18.2 Å². The maximum atomic E-state index is 11.5. The summed E-state index contributed by atoms with van der Waals surface area (Å²) in [5.41, 5.74) is 2.29. The molecule has 152 valence electrons. The fourth-order valence-corrected chi connectivity index (χ4v) is 5.04. The molecule has 4 nitrogen and oxygen atoms in total. The van der Waals surface area contributed by atoms with E-state index < -0.39 is 0 Å². The maximum absolute atomic E-state index is 11.5. The lowest BCUT2D eigenvalue weighted by molar-refractivity contribution is -0.109. The van der Waals surface area contributed by atoms with E-state index in [0.29, 0.717) is 6.42 Å². The van der Waals surface area contributed by atoms with E-state index in [9.17, 15) is 4.79 Å². The number of allylic oxidation sites excluding steroid dienone is 1. The molecule has 2 aliphatic rings. The second kappa shape index (κ2) is 8.42. The van der Waals surface area contributed by atoms with E-state index in [1.165, 1.54) is 11.1 Å². The summed E-state index contributed by atoms with van der Waals surface area (Å²) in [4.78, 5) is 13.9. The minimum absolute atomic E-state index is 0.0360. The van der Waals surface area contributed by atoms with Gasteiger partial charge in [-0.1, -0.05) is 54.6 Å². The molecule has 1 heterocycles. The highest BCUT2D eigenvalue weighted by atomic mass is 16.5. The van der Waals surface area contributed by atoms with Gasteiger partial charge in [-0.25, -0.2) is 0 Å². The van der Waals surface area contributed by atoms with Crippen LogP contribution in [0.1, 0.15) is 30.4 Å². The molecular formula is C25H29NO3. The first-order valence-corrected chi connectivity index (χ1v) is 10.4. The molecule has 0 fully saturated rings. The van der Waals surface area contributed by atoms with Gasteiger partial charge in [-0.2, -0.15) is 0 Å². The van der Waals surface area contributed by atoms with Crippen molar-refractivity contribution in [2.45, 2.75) is 37.3 Å². The van der Waals surface area contributed by atoms with Gasteiger partial charge in [-0.3, -0.25) is 0 Å². The Bertz CT molecular complexity index is 879. The van der Waals surface area contributed by atoms with Gasteiger partial charge in [0.1, 0.15) is 12.4 Å². The summed E-state index contributed by atoms with van der Waals surface area (Å²) in [5.74, 6) is 1.77. The van der Waals surface area contributed by atoms with Gasteiger partial charge in [-0.05, 0) is 37.6 Å². The van der Waals surface area contributed by atoms with Crippen molar-refractivity contribution >= 4 is 6.29 Å². The van der Waals surface area contributed by atoms with Crippen LogP contribution in [0.3, 0.4) is 0 Å². The minimum atomic E-state index is -0.204. The topological polar surface area (TPSA) is 38.8 Å². The second-order valence-corrected chi connectivity index (χ2v) is 8.13. The number of hydrogen-bond acceptors (Lipinski definition) is 4. The molecule has 0 aromatic heterocycles. The number of carbonyl (C=O) groups is 1. The van der Waals surface area contributed by atoms with Crippen molar-refractivity contribution in [2.24, 2.45) is 5.92 Å². The predicted octanol–water partition coefficient (Wildman–Crippen LogP) is 4.38. The average molecular weight is 392 g/mol. The molecule has 1 aliphatic heterocycles. The van der Waals surface area contributed by atoms with Crippen molar-refractivity contribution in [1.82, 2.24) is 4.90 Å². The van der Waals surface area contributed by atoms with E-state index in [1.54, 1.807) is 7.11 Å². The number of carbonyl (C=O) groups excluding carboxylic acids is 1. The first-order chi connectivity index (χ1) is 14.2. The van der Waals surface area contributed by atoms with Crippen molar-refractivity contribution in [3.63, 3.8) is 0 Å². The van der Waals surface area contributed by atoms with Crippen LogP contribution in [0.15, 0.2) is 60.7 Å². The standard InChI is InChI=1S/C25H29NO3/c1-26(18-19-8-4-3-5-9-19)16-15-25-20(14-17-27)10-6-13-23(25)29-24-21(25)11-7-12-22(24)28-2/h3-12,17,20,23H,13-16,18H2,1-2H3/t20-,23-,25-/m0/s1. The largest absolute Gasteiger partial charge is 0.493 e. The van der Waals surface area contributed by atoms with Crippen LogP contribution in [-0.4, -0.2) is 38.0 Å². The van der Waals surface area contributed by atoms with Gasteiger partial charge in [0.25, 0.3) is 0 Å². The Hall–Kier alpha value is -2.59. The van der Waals surface area contributed by atoms with Crippen molar-refractivity contribution in [2.75, 3.05) is 20.7 Å². The number of fused-ring (bicyclic) bond motifs is 3. The summed E-state index contributed by atoms with van der Waals surface area (Å²) >= 11 is 0. The third kappa shape index (κ3) is 3.58. The first-order valence-electron chi connectivity index (χ1n) is 10.4. The van der Waals surface area contributed by atoms with Crippen LogP contribution in [0.4, 0.5) is 0 Å². The zero-order valence-electron chi connectivity index (χ0n) is 17.2. The molecule has 0 unspecified atom stereocenters. The molecule has 0 amide bonds. The summed E-state index contributed by atoms with van der Waals surface area (Å²) in [6, 6.07) is 16.7.